The molecular weight excluding hydrogens is 361 g/mol. The number of benzene rings is 2. The lowest BCUT2D eigenvalue weighted by molar-refractivity contribution is -0.119. The zero-order chi connectivity index (χ0) is 17.8. The second-order valence-corrected chi connectivity index (χ2v) is 6.66. The first kappa shape index (κ1) is 17.6. The molecule has 1 saturated heterocycles. The highest BCUT2D eigenvalue weighted by atomic mass is 35.5. The van der Waals surface area contributed by atoms with E-state index in [-0.39, 0.29) is 11.9 Å². The summed E-state index contributed by atoms with van der Waals surface area (Å²) in [5.41, 5.74) is 1.21. The first-order valence-corrected chi connectivity index (χ1v) is 8.68. The fraction of sp³-hybridized carbons (Fsp3) is 0.222. The first-order valence-electron chi connectivity index (χ1n) is 7.92. The van der Waals surface area contributed by atoms with Gasteiger partial charge in [0.1, 0.15) is 6.04 Å². The Bertz CT molecular complexity index is 732. The van der Waals surface area contributed by atoms with Crippen LogP contribution in [-0.4, -0.2) is 29.4 Å². The third-order valence-corrected chi connectivity index (χ3v) is 4.45. The number of anilines is 2. The summed E-state index contributed by atoms with van der Waals surface area (Å²) in [5, 5.41) is 6.68. The highest BCUT2D eigenvalue weighted by molar-refractivity contribution is 6.31. The van der Waals surface area contributed by atoms with Gasteiger partial charge in [0.15, 0.2) is 0 Å². The van der Waals surface area contributed by atoms with Crippen LogP contribution in [0.3, 0.4) is 0 Å². The van der Waals surface area contributed by atoms with Crippen LogP contribution in [0.2, 0.25) is 10.0 Å². The van der Waals surface area contributed by atoms with Gasteiger partial charge in [-0.25, -0.2) is 4.79 Å². The van der Waals surface area contributed by atoms with Crippen molar-refractivity contribution < 1.29 is 9.59 Å². The molecule has 3 amide bonds. The lowest BCUT2D eigenvalue weighted by Gasteiger charge is -2.24. The normalized spacial score (nSPS) is 16.6. The van der Waals surface area contributed by atoms with Gasteiger partial charge in [-0.3, -0.25) is 4.79 Å². The molecule has 0 aliphatic carbocycles. The molecule has 1 unspecified atom stereocenters. The summed E-state index contributed by atoms with van der Waals surface area (Å²) in [6.45, 7) is 0.528. The lowest BCUT2D eigenvalue weighted by Crippen LogP contribution is -2.45. The van der Waals surface area contributed by atoms with Crippen LogP contribution in [0.25, 0.3) is 0 Å². The third-order valence-electron chi connectivity index (χ3n) is 3.98. The lowest BCUT2D eigenvalue weighted by atomic mass is 10.2. The number of amides is 3. The molecule has 1 fully saturated rings. The van der Waals surface area contributed by atoms with Crippen molar-refractivity contribution in [1.82, 2.24) is 4.90 Å². The average Bonchev–Trinajstić information content (AvgIpc) is 3.04. The Balaban J connectivity index is 1.67. The quantitative estimate of drug-likeness (QED) is 0.818. The zero-order valence-corrected chi connectivity index (χ0v) is 14.8. The van der Waals surface area contributed by atoms with Crippen molar-refractivity contribution in [2.45, 2.75) is 18.9 Å². The van der Waals surface area contributed by atoms with Gasteiger partial charge in [0, 0.05) is 28.0 Å². The number of carbonyl (C=O) groups is 2. The Hall–Kier alpha value is -2.24. The fourth-order valence-corrected chi connectivity index (χ4v) is 3.22. The summed E-state index contributed by atoms with van der Waals surface area (Å²) in [5.74, 6) is -0.221. The van der Waals surface area contributed by atoms with Crippen LogP contribution in [0.4, 0.5) is 16.2 Å². The first-order chi connectivity index (χ1) is 12.0. The number of rotatable bonds is 3. The predicted octanol–water partition coefficient (Wildman–Crippen LogP) is 4.63. The van der Waals surface area contributed by atoms with E-state index in [1.807, 2.05) is 0 Å². The van der Waals surface area contributed by atoms with Gasteiger partial charge in [-0.2, -0.15) is 0 Å². The molecule has 1 atom stereocenters. The number of halogens is 2. The van der Waals surface area contributed by atoms with Crippen molar-refractivity contribution >= 4 is 46.5 Å². The van der Waals surface area contributed by atoms with Gasteiger partial charge < -0.3 is 15.5 Å². The van der Waals surface area contributed by atoms with Crippen molar-refractivity contribution in [2.24, 2.45) is 0 Å². The van der Waals surface area contributed by atoms with Crippen molar-refractivity contribution in [3.8, 4) is 0 Å². The minimum absolute atomic E-state index is 0.221. The molecule has 2 N–H and O–H groups in total. The predicted molar refractivity (Wildman–Crippen MR) is 100 cm³/mol. The topological polar surface area (TPSA) is 61.4 Å². The summed E-state index contributed by atoms with van der Waals surface area (Å²) in [4.78, 5) is 26.6. The molecule has 130 valence electrons. The minimum Gasteiger partial charge on any atom is -0.324 e. The highest BCUT2D eigenvalue weighted by Gasteiger charge is 2.34. The minimum atomic E-state index is -0.516. The number of hydrogen-bond donors (Lipinski definition) is 2. The Morgan fingerprint density at radius 3 is 2.16 bits per heavy atom. The molecule has 0 bridgehead atoms. The Morgan fingerprint density at radius 1 is 0.960 bits per heavy atom. The molecule has 1 heterocycles. The number of carbonyl (C=O) groups excluding carboxylic acids is 2. The van der Waals surface area contributed by atoms with Gasteiger partial charge in [-0.1, -0.05) is 35.3 Å². The van der Waals surface area contributed by atoms with E-state index in [1.165, 1.54) is 0 Å². The number of urea groups is 1. The molecule has 1 aliphatic rings. The van der Waals surface area contributed by atoms with E-state index in [4.69, 9.17) is 23.2 Å². The third kappa shape index (κ3) is 4.44. The van der Waals surface area contributed by atoms with Crippen LogP contribution in [0.1, 0.15) is 12.8 Å². The number of nitrogens with one attached hydrogen (secondary N) is 2. The van der Waals surface area contributed by atoms with Crippen molar-refractivity contribution in [3.05, 3.63) is 58.6 Å². The molecule has 5 nitrogen and oxygen atoms in total. The van der Waals surface area contributed by atoms with Crippen LogP contribution >= 0.6 is 23.2 Å². The van der Waals surface area contributed by atoms with E-state index in [0.29, 0.717) is 34.4 Å². The summed E-state index contributed by atoms with van der Waals surface area (Å²) in [6, 6.07) is 13.0. The van der Waals surface area contributed by atoms with E-state index < -0.39 is 6.04 Å². The fourth-order valence-electron chi connectivity index (χ4n) is 2.84. The van der Waals surface area contributed by atoms with Crippen molar-refractivity contribution in [1.29, 1.82) is 0 Å². The standard InChI is InChI=1S/C18H17Cl2N3O2/c19-12-4-1-6-14(10-12)21-17(24)16-8-3-9-23(16)18(25)22-15-7-2-5-13(20)11-15/h1-2,4-7,10-11,16H,3,8-9H2,(H,21,24)(H,22,25). The second-order valence-electron chi connectivity index (χ2n) is 5.79. The highest BCUT2D eigenvalue weighted by Crippen LogP contribution is 2.22. The molecule has 7 heteroatoms. The van der Waals surface area contributed by atoms with Gasteiger partial charge in [0.2, 0.25) is 5.91 Å². The summed E-state index contributed by atoms with van der Waals surface area (Å²) in [6.07, 6.45) is 1.39. The smallest absolute Gasteiger partial charge is 0.322 e. The van der Waals surface area contributed by atoms with E-state index >= 15 is 0 Å². The van der Waals surface area contributed by atoms with Crippen LogP contribution in [0, 0.1) is 0 Å². The SMILES string of the molecule is O=C(Nc1cccc(Cl)c1)C1CCCN1C(=O)Nc1cccc(Cl)c1. The molecular formula is C18H17Cl2N3O2. The molecule has 2 aromatic rings. The molecule has 0 spiro atoms. The average molecular weight is 378 g/mol. The van der Waals surface area contributed by atoms with Gasteiger partial charge >= 0.3 is 6.03 Å². The molecule has 0 saturated carbocycles. The number of nitrogens with zero attached hydrogens (tertiary/aromatic N) is 1. The van der Waals surface area contributed by atoms with E-state index in [2.05, 4.69) is 10.6 Å². The zero-order valence-electron chi connectivity index (χ0n) is 13.3. The van der Waals surface area contributed by atoms with Crippen LogP contribution < -0.4 is 10.6 Å². The second kappa shape index (κ2) is 7.76. The van der Waals surface area contributed by atoms with E-state index in [9.17, 15) is 9.59 Å². The van der Waals surface area contributed by atoms with Crippen molar-refractivity contribution in [3.63, 3.8) is 0 Å². The maximum Gasteiger partial charge on any atom is 0.322 e. The van der Waals surface area contributed by atoms with Crippen LogP contribution in [0.5, 0.6) is 0 Å². The van der Waals surface area contributed by atoms with E-state index in [1.54, 1.807) is 53.4 Å². The molecule has 0 radical (unpaired) electrons. The van der Waals surface area contributed by atoms with Gasteiger partial charge in [-0.15, -0.1) is 0 Å². The molecule has 2 aromatic carbocycles. The summed E-state index contributed by atoms with van der Waals surface area (Å²) < 4.78 is 0. The summed E-state index contributed by atoms with van der Waals surface area (Å²) in [7, 11) is 0. The molecule has 3 rings (SSSR count). The molecule has 25 heavy (non-hydrogen) atoms. The Morgan fingerprint density at radius 2 is 1.56 bits per heavy atom. The largest absolute Gasteiger partial charge is 0.324 e. The Kier molecular flexibility index (Phi) is 5.46. The van der Waals surface area contributed by atoms with E-state index in [0.717, 1.165) is 6.42 Å². The number of hydrogen-bond acceptors (Lipinski definition) is 2. The summed E-state index contributed by atoms with van der Waals surface area (Å²) >= 11 is 11.9. The van der Waals surface area contributed by atoms with Gasteiger partial charge in [-0.05, 0) is 49.2 Å². The van der Waals surface area contributed by atoms with Crippen molar-refractivity contribution in [2.75, 3.05) is 17.2 Å². The van der Waals surface area contributed by atoms with Gasteiger partial charge in [0.05, 0.1) is 0 Å². The maximum atomic E-state index is 12.6. The molecule has 0 aromatic heterocycles. The molecule has 1 aliphatic heterocycles. The Labute approximate surface area is 155 Å². The van der Waals surface area contributed by atoms with Crippen LogP contribution in [0.15, 0.2) is 48.5 Å². The van der Waals surface area contributed by atoms with Gasteiger partial charge in [0.25, 0.3) is 0 Å². The van der Waals surface area contributed by atoms with Crippen LogP contribution in [-0.2, 0) is 4.79 Å². The maximum absolute atomic E-state index is 12.6. The number of likely N-dealkylation sites (tertiary alicyclic amines) is 1. The monoisotopic (exact) mass is 377 g/mol.